The number of likely N-dealkylation sites (N-methyl/N-ethyl adjacent to an activating group) is 1. The van der Waals surface area contributed by atoms with Crippen LogP contribution in [0.5, 0.6) is 0 Å². The van der Waals surface area contributed by atoms with E-state index in [0.717, 1.165) is 38.2 Å². The van der Waals surface area contributed by atoms with Crippen LogP contribution in [0.4, 0.5) is 0 Å². The second-order valence-electron chi connectivity index (χ2n) is 4.69. The molecule has 0 amide bonds. The van der Waals surface area contributed by atoms with Crippen molar-refractivity contribution in [3.05, 3.63) is 42.1 Å². The van der Waals surface area contributed by atoms with Crippen molar-refractivity contribution in [2.75, 3.05) is 26.2 Å². The number of nitrogens with one attached hydrogen (secondary N) is 1. The van der Waals surface area contributed by atoms with E-state index in [1.54, 1.807) is 0 Å². The fourth-order valence-electron chi connectivity index (χ4n) is 2.31. The molecule has 0 fully saturated rings. The summed E-state index contributed by atoms with van der Waals surface area (Å²) in [5.74, 6) is 0. The summed E-state index contributed by atoms with van der Waals surface area (Å²) < 4.78 is 0. The monoisotopic (exact) mass is 257 g/mol. The van der Waals surface area contributed by atoms with Crippen LogP contribution in [-0.2, 0) is 6.54 Å². The summed E-state index contributed by atoms with van der Waals surface area (Å²) in [5.41, 5.74) is 2.40. The van der Waals surface area contributed by atoms with Crippen molar-refractivity contribution in [2.24, 2.45) is 0 Å². The van der Waals surface area contributed by atoms with Crippen LogP contribution >= 0.6 is 0 Å². The summed E-state index contributed by atoms with van der Waals surface area (Å²) in [6.07, 6.45) is 1.89. The highest BCUT2D eigenvalue weighted by molar-refractivity contribution is 5.81. The van der Waals surface area contributed by atoms with Gasteiger partial charge in [-0.15, -0.1) is 0 Å². The molecule has 19 heavy (non-hydrogen) atoms. The standard InChI is InChI=1S/C16H23N3/c1-3-19(4-2)12-11-17-13-14-9-10-18-16-8-6-5-7-15(14)16/h5-10,17H,3-4,11-13H2,1-2H3. The highest BCUT2D eigenvalue weighted by Gasteiger charge is 2.01. The predicted octanol–water partition coefficient (Wildman–Crippen LogP) is 2.67. The number of fused-ring (bicyclic) bond motifs is 1. The minimum Gasteiger partial charge on any atom is -0.311 e. The van der Waals surface area contributed by atoms with Gasteiger partial charge in [0.15, 0.2) is 0 Å². The molecule has 1 N–H and O–H groups in total. The largest absolute Gasteiger partial charge is 0.311 e. The van der Waals surface area contributed by atoms with Gasteiger partial charge in [0.25, 0.3) is 0 Å². The lowest BCUT2D eigenvalue weighted by atomic mass is 10.1. The smallest absolute Gasteiger partial charge is 0.0705 e. The zero-order valence-corrected chi connectivity index (χ0v) is 11.9. The second kappa shape index (κ2) is 7.22. The number of pyridine rings is 1. The molecule has 3 nitrogen and oxygen atoms in total. The Morgan fingerprint density at radius 3 is 2.68 bits per heavy atom. The van der Waals surface area contributed by atoms with Crippen molar-refractivity contribution in [2.45, 2.75) is 20.4 Å². The van der Waals surface area contributed by atoms with Gasteiger partial charge in [-0.2, -0.15) is 0 Å². The van der Waals surface area contributed by atoms with Crippen molar-refractivity contribution >= 4 is 10.9 Å². The third-order valence-corrected chi connectivity index (χ3v) is 3.55. The lowest BCUT2D eigenvalue weighted by Crippen LogP contribution is -2.31. The van der Waals surface area contributed by atoms with E-state index >= 15 is 0 Å². The van der Waals surface area contributed by atoms with Gasteiger partial charge in [-0.3, -0.25) is 4.98 Å². The van der Waals surface area contributed by atoms with E-state index in [0.29, 0.717) is 0 Å². The van der Waals surface area contributed by atoms with E-state index < -0.39 is 0 Å². The molecule has 3 heteroatoms. The molecule has 0 saturated heterocycles. The van der Waals surface area contributed by atoms with Crippen LogP contribution in [0.1, 0.15) is 19.4 Å². The molecule has 0 aliphatic rings. The Labute approximate surface area is 115 Å². The maximum Gasteiger partial charge on any atom is 0.0705 e. The Morgan fingerprint density at radius 1 is 1.11 bits per heavy atom. The summed E-state index contributed by atoms with van der Waals surface area (Å²) in [7, 11) is 0. The molecule has 1 aromatic carbocycles. The molecule has 102 valence electrons. The Kier molecular flexibility index (Phi) is 5.31. The summed E-state index contributed by atoms with van der Waals surface area (Å²) in [4.78, 5) is 6.82. The zero-order chi connectivity index (χ0) is 13.5. The molecule has 0 bridgehead atoms. The average molecular weight is 257 g/mol. The van der Waals surface area contributed by atoms with Crippen LogP contribution in [0.25, 0.3) is 10.9 Å². The summed E-state index contributed by atoms with van der Waals surface area (Å²) in [6, 6.07) is 10.4. The number of hydrogen-bond acceptors (Lipinski definition) is 3. The molecule has 0 saturated carbocycles. The van der Waals surface area contributed by atoms with E-state index in [-0.39, 0.29) is 0 Å². The highest BCUT2D eigenvalue weighted by Crippen LogP contribution is 2.15. The second-order valence-corrected chi connectivity index (χ2v) is 4.69. The van der Waals surface area contributed by atoms with E-state index in [1.165, 1.54) is 10.9 Å². The minimum atomic E-state index is 0.907. The number of hydrogen-bond donors (Lipinski definition) is 1. The van der Waals surface area contributed by atoms with Crippen LogP contribution < -0.4 is 5.32 Å². The first-order valence-electron chi connectivity index (χ1n) is 7.10. The number of benzene rings is 1. The topological polar surface area (TPSA) is 28.2 Å². The van der Waals surface area contributed by atoms with Gasteiger partial charge in [0.05, 0.1) is 5.52 Å². The summed E-state index contributed by atoms with van der Waals surface area (Å²) >= 11 is 0. The number of nitrogens with zero attached hydrogens (tertiary/aromatic N) is 2. The third kappa shape index (κ3) is 3.75. The maximum atomic E-state index is 4.39. The Hall–Kier alpha value is -1.45. The van der Waals surface area contributed by atoms with Crippen LogP contribution in [0, 0.1) is 0 Å². The van der Waals surface area contributed by atoms with E-state index in [9.17, 15) is 0 Å². The maximum absolute atomic E-state index is 4.39. The van der Waals surface area contributed by atoms with Crippen molar-refractivity contribution in [3.8, 4) is 0 Å². The van der Waals surface area contributed by atoms with Crippen LogP contribution in [0.15, 0.2) is 36.5 Å². The Balaban J connectivity index is 1.91. The first-order valence-corrected chi connectivity index (χ1v) is 7.10. The van der Waals surface area contributed by atoms with Crippen LogP contribution in [-0.4, -0.2) is 36.1 Å². The Morgan fingerprint density at radius 2 is 1.89 bits per heavy atom. The fourth-order valence-corrected chi connectivity index (χ4v) is 2.31. The van der Waals surface area contributed by atoms with Gasteiger partial charge < -0.3 is 10.2 Å². The molecule has 1 heterocycles. The summed E-state index contributed by atoms with van der Waals surface area (Å²) in [5, 5.41) is 4.77. The molecule has 0 atom stereocenters. The molecular weight excluding hydrogens is 234 g/mol. The summed E-state index contributed by atoms with van der Waals surface area (Å²) in [6.45, 7) is 9.70. The van der Waals surface area contributed by atoms with E-state index in [1.807, 2.05) is 12.3 Å². The first kappa shape index (κ1) is 14.0. The number of para-hydroxylation sites is 1. The lowest BCUT2D eigenvalue weighted by molar-refractivity contribution is 0.302. The minimum absolute atomic E-state index is 0.907. The van der Waals surface area contributed by atoms with Gasteiger partial charge in [0.2, 0.25) is 0 Å². The van der Waals surface area contributed by atoms with Crippen LogP contribution in [0.2, 0.25) is 0 Å². The van der Waals surface area contributed by atoms with Crippen molar-refractivity contribution < 1.29 is 0 Å². The molecule has 2 aromatic rings. The van der Waals surface area contributed by atoms with E-state index in [4.69, 9.17) is 0 Å². The van der Waals surface area contributed by atoms with Crippen molar-refractivity contribution in [1.82, 2.24) is 15.2 Å². The highest BCUT2D eigenvalue weighted by atomic mass is 15.1. The van der Waals surface area contributed by atoms with Gasteiger partial charge in [-0.25, -0.2) is 0 Å². The molecule has 1 aromatic heterocycles. The number of rotatable bonds is 7. The third-order valence-electron chi connectivity index (χ3n) is 3.55. The van der Waals surface area contributed by atoms with E-state index in [2.05, 4.69) is 53.3 Å². The van der Waals surface area contributed by atoms with Gasteiger partial charge >= 0.3 is 0 Å². The molecule has 0 spiro atoms. The fraction of sp³-hybridized carbons (Fsp3) is 0.438. The van der Waals surface area contributed by atoms with Crippen LogP contribution in [0.3, 0.4) is 0 Å². The molecule has 0 aliphatic heterocycles. The molecule has 2 rings (SSSR count). The quantitative estimate of drug-likeness (QED) is 0.773. The van der Waals surface area contributed by atoms with Crippen molar-refractivity contribution in [3.63, 3.8) is 0 Å². The van der Waals surface area contributed by atoms with Gasteiger partial charge in [-0.05, 0) is 30.8 Å². The SMILES string of the molecule is CCN(CC)CCNCc1ccnc2ccccc12. The van der Waals surface area contributed by atoms with Gasteiger partial charge in [-0.1, -0.05) is 32.0 Å². The average Bonchev–Trinajstić information content (AvgIpc) is 2.47. The molecule has 0 radical (unpaired) electrons. The first-order chi connectivity index (χ1) is 9.35. The predicted molar refractivity (Wildman–Crippen MR) is 81.2 cm³/mol. The van der Waals surface area contributed by atoms with Crippen molar-refractivity contribution in [1.29, 1.82) is 0 Å². The normalized spacial score (nSPS) is 11.3. The molecule has 0 unspecified atom stereocenters. The Bertz CT molecular complexity index is 501. The number of aromatic nitrogens is 1. The molecular formula is C16H23N3. The lowest BCUT2D eigenvalue weighted by Gasteiger charge is -2.18. The van der Waals surface area contributed by atoms with Gasteiger partial charge in [0, 0.05) is 31.2 Å². The zero-order valence-electron chi connectivity index (χ0n) is 11.9. The molecule has 0 aliphatic carbocycles. The van der Waals surface area contributed by atoms with Gasteiger partial charge in [0.1, 0.15) is 0 Å².